The predicted octanol–water partition coefficient (Wildman–Crippen LogP) is 4.93. The summed E-state index contributed by atoms with van der Waals surface area (Å²) in [6.45, 7) is 2.82. The van der Waals surface area contributed by atoms with E-state index in [1.807, 2.05) is 48.2 Å². The van der Waals surface area contributed by atoms with Crippen molar-refractivity contribution < 1.29 is 4.79 Å². The van der Waals surface area contributed by atoms with Crippen LogP contribution in [0, 0.1) is 6.92 Å². The molecule has 0 saturated heterocycles. The van der Waals surface area contributed by atoms with Gasteiger partial charge >= 0.3 is 0 Å². The first kappa shape index (κ1) is 19.2. The van der Waals surface area contributed by atoms with Gasteiger partial charge in [-0.25, -0.2) is 0 Å². The number of hydrogen-bond donors (Lipinski definition) is 1. The van der Waals surface area contributed by atoms with Gasteiger partial charge in [0.15, 0.2) is 0 Å². The topological polar surface area (TPSA) is 29.1 Å². The summed E-state index contributed by atoms with van der Waals surface area (Å²) in [5.41, 5.74) is 3.84. The van der Waals surface area contributed by atoms with Gasteiger partial charge in [-0.15, -0.1) is 11.8 Å². The van der Waals surface area contributed by atoms with E-state index in [0.717, 1.165) is 22.3 Å². The van der Waals surface area contributed by atoms with Crippen molar-refractivity contribution >= 4 is 41.0 Å². The predicted molar refractivity (Wildman–Crippen MR) is 108 cm³/mol. The van der Waals surface area contributed by atoms with Crippen LogP contribution < -0.4 is 5.32 Å². The van der Waals surface area contributed by atoms with Crippen molar-refractivity contribution in [3.8, 4) is 0 Å². The zero-order valence-electron chi connectivity index (χ0n) is 13.8. The van der Waals surface area contributed by atoms with E-state index in [2.05, 4.69) is 24.4 Å². The molecule has 0 aliphatic carbocycles. The Hall–Kier alpha value is -1.10. The summed E-state index contributed by atoms with van der Waals surface area (Å²) in [7, 11) is 0. The fourth-order valence-corrected chi connectivity index (χ4v) is 3.99. The van der Waals surface area contributed by atoms with Crippen LogP contribution in [-0.2, 0) is 16.3 Å². The van der Waals surface area contributed by atoms with E-state index in [1.165, 1.54) is 16.7 Å². The highest BCUT2D eigenvalue weighted by atomic mass is 35.5. The maximum atomic E-state index is 11.8. The Morgan fingerprint density at radius 2 is 1.79 bits per heavy atom. The van der Waals surface area contributed by atoms with E-state index >= 15 is 0 Å². The van der Waals surface area contributed by atoms with Crippen LogP contribution in [0.1, 0.15) is 16.7 Å². The van der Waals surface area contributed by atoms with Crippen LogP contribution in [0.2, 0.25) is 5.02 Å². The molecule has 2 aromatic rings. The first-order chi connectivity index (χ1) is 11.6. The molecule has 128 valence electrons. The Morgan fingerprint density at radius 3 is 2.54 bits per heavy atom. The maximum Gasteiger partial charge on any atom is 0.230 e. The van der Waals surface area contributed by atoms with Gasteiger partial charge in [0.05, 0.1) is 5.75 Å². The highest BCUT2D eigenvalue weighted by Crippen LogP contribution is 2.16. The number of thioether (sulfide) groups is 2. The Morgan fingerprint density at radius 1 is 1.04 bits per heavy atom. The third-order valence-corrected chi connectivity index (χ3v) is 5.77. The minimum Gasteiger partial charge on any atom is -0.355 e. The molecule has 0 spiro atoms. The smallest absolute Gasteiger partial charge is 0.230 e. The third kappa shape index (κ3) is 7.20. The molecule has 2 nitrogen and oxygen atoms in total. The number of benzene rings is 2. The van der Waals surface area contributed by atoms with Gasteiger partial charge in [-0.2, -0.15) is 11.8 Å². The lowest BCUT2D eigenvalue weighted by atomic mass is 10.1. The molecule has 0 heterocycles. The van der Waals surface area contributed by atoms with Crippen LogP contribution in [-0.4, -0.2) is 24.0 Å². The molecule has 24 heavy (non-hydrogen) atoms. The quantitative estimate of drug-likeness (QED) is 0.626. The van der Waals surface area contributed by atoms with E-state index in [0.29, 0.717) is 12.3 Å². The molecule has 2 rings (SSSR count). The second kappa shape index (κ2) is 10.7. The number of hydrogen-bond acceptors (Lipinski definition) is 3. The van der Waals surface area contributed by atoms with Gasteiger partial charge in [0.2, 0.25) is 5.91 Å². The van der Waals surface area contributed by atoms with Crippen LogP contribution >= 0.6 is 35.1 Å². The van der Waals surface area contributed by atoms with Crippen molar-refractivity contribution in [2.24, 2.45) is 0 Å². The lowest BCUT2D eigenvalue weighted by Gasteiger charge is -2.07. The van der Waals surface area contributed by atoms with Crippen LogP contribution in [0.5, 0.6) is 0 Å². The zero-order chi connectivity index (χ0) is 17.2. The molecule has 0 bridgehead atoms. The Labute approximate surface area is 157 Å². The Bertz CT molecular complexity index is 646. The molecule has 0 saturated carbocycles. The number of aryl methyl sites for hydroxylation is 1. The average Bonchev–Trinajstić information content (AvgIpc) is 2.58. The van der Waals surface area contributed by atoms with Gasteiger partial charge in [-0.05, 0) is 35.7 Å². The largest absolute Gasteiger partial charge is 0.355 e. The minimum absolute atomic E-state index is 0.112. The molecule has 0 atom stereocenters. The maximum absolute atomic E-state index is 11.8. The normalized spacial score (nSPS) is 10.6. The second-order valence-corrected chi connectivity index (χ2v) is 7.98. The summed E-state index contributed by atoms with van der Waals surface area (Å²) in [5.74, 6) is 3.36. The van der Waals surface area contributed by atoms with Crippen molar-refractivity contribution in [1.29, 1.82) is 0 Å². The molecule has 0 radical (unpaired) electrons. The van der Waals surface area contributed by atoms with Gasteiger partial charge in [0.25, 0.3) is 0 Å². The Balaban J connectivity index is 1.53. The van der Waals surface area contributed by atoms with Gasteiger partial charge in [-0.1, -0.05) is 48.0 Å². The van der Waals surface area contributed by atoms with Crippen LogP contribution in [0.3, 0.4) is 0 Å². The highest BCUT2D eigenvalue weighted by molar-refractivity contribution is 7.99. The monoisotopic (exact) mass is 379 g/mol. The summed E-state index contributed by atoms with van der Waals surface area (Å²) in [4.78, 5) is 11.8. The average molecular weight is 380 g/mol. The van der Waals surface area contributed by atoms with Crippen molar-refractivity contribution in [3.63, 3.8) is 0 Å². The number of nitrogens with one attached hydrogen (secondary N) is 1. The molecule has 5 heteroatoms. The fourth-order valence-electron chi connectivity index (χ4n) is 2.11. The van der Waals surface area contributed by atoms with E-state index in [4.69, 9.17) is 11.6 Å². The van der Waals surface area contributed by atoms with E-state index in [-0.39, 0.29) is 5.91 Å². The summed E-state index contributed by atoms with van der Waals surface area (Å²) >= 11 is 9.33. The van der Waals surface area contributed by atoms with Crippen molar-refractivity contribution in [1.82, 2.24) is 5.32 Å². The second-order valence-electron chi connectivity index (χ2n) is 5.45. The SMILES string of the molecule is Cc1ccccc1CSCC(=O)NCCSCc1ccc(Cl)cc1. The number of carbonyl (C=O) groups is 1. The highest BCUT2D eigenvalue weighted by Gasteiger charge is 2.03. The Kier molecular flexibility index (Phi) is 8.57. The fraction of sp³-hybridized carbons (Fsp3) is 0.316. The lowest BCUT2D eigenvalue weighted by Crippen LogP contribution is -2.27. The number of halogens is 1. The van der Waals surface area contributed by atoms with E-state index < -0.39 is 0 Å². The summed E-state index contributed by atoms with van der Waals surface area (Å²) in [6, 6.07) is 16.2. The summed E-state index contributed by atoms with van der Waals surface area (Å²) in [5, 5.41) is 3.74. The van der Waals surface area contributed by atoms with Gasteiger partial charge in [0.1, 0.15) is 0 Å². The minimum atomic E-state index is 0.112. The molecule has 0 aliphatic heterocycles. The zero-order valence-corrected chi connectivity index (χ0v) is 16.1. The molecule has 0 aromatic heterocycles. The summed E-state index contributed by atoms with van der Waals surface area (Å²) in [6.07, 6.45) is 0. The van der Waals surface area contributed by atoms with Gasteiger partial charge < -0.3 is 5.32 Å². The number of rotatable bonds is 9. The van der Waals surface area contributed by atoms with Crippen molar-refractivity contribution in [3.05, 3.63) is 70.2 Å². The molecule has 2 aromatic carbocycles. The van der Waals surface area contributed by atoms with Gasteiger partial charge in [0, 0.05) is 28.8 Å². The van der Waals surface area contributed by atoms with Crippen LogP contribution in [0.4, 0.5) is 0 Å². The molecule has 1 N–H and O–H groups in total. The molecule has 0 fully saturated rings. The van der Waals surface area contributed by atoms with Crippen LogP contribution in [0.15, 0.2) is 48.5 Å². The molecule has 0 unspecified atom stereocenters. The first-order valence-corrected chi connectivity index (χ1v) is 10.5. The lowest BCUT2D eigenvalue weighted by molar-refractivity contribution is -0.118. The molecule has 0 aliphatic rings. The third-order valence-electron chi connectivity index (χ3n) is 3.50. The molecular weight excluding hydrogens is 358 g/mol. The number of carbonyl (C=O) groups excluding carboxylic acids is 1. The first-order valence-electron chi connectivity index (χ1n) is 7.86. The number of amides is 1. The summed E-state index contributed by atoms with van der Waals surface area (Å²) < 4.78 is 0. The molecular formula is C19H22ClNOS2. The van der Waals surface area contributed by atoms with Crippen molar-refractivity contribution in [2.45, 2.75) is 18.4 Å². The van der Waals surface area contributed by atoms with E-state index in [1.54, 1.807) is 11.8 Å². The van der Waals surface area contributed by atoms with Gasteiger partial charge in [-0.3, -0.25) is 4.79 Å². The standard InChI is InChI=1S/C19H22ClNOS2/c1-15-4-2-3-5-17(15)13-24-14-19(22)21-10-11-23-12-16-6-8-18(20)9-7-16/h2-9H,10-14H2,1H3,(H,21,22). The van der Waals surface area contributed by atoms with Crippen LogP contribution in [0.25, 0.3) is 0 Å². The van der Waals surface area contributed by atoms with E-state index in [9.17, 15) is 4.79 Å². The molecule has 1 amide bonds. The van der Waals surface area contributed by atoms with Crippen molar-refractivity contribution in [2.75, 3.05) is 18.1 Å².